The zero-order valence-corrected chi connectivity index (χ0v) is 15.1. The molecule has 0 spiro atoms. The van der Waals surface area contributed by atoms with Crippen molar-refractivity contribution in [2.45, 2.75) is 13.1 Å². The third kappa shape index (κ3) is 5.12. The molecule has 0 radical (unpaired) electrons. The first kappa shape index (κ1) is 18.5. The van der Waals surface area contributed by atoms with Crippen LogP contribution in [0.1, 0.15) is 32.1 Å². The number of rotatable bonds is 6. The van der Waals surface area contributed by atoms with E-state index in [1.165, 1.54) is 12.3 Å². The second-order valence-electron chi connectivity index (χ2n) is 5.71. The number of hydrogen-bond donors (Lipinski definition) is 2. The molecule has 0 bridgehead atoms. The van der Waals surface area contributed by atoms with Gasteiger partial charge in [-0.15, -0.1) is 0 Å². The van der Waals surface area contributed by atoms with Gasteiger partial charge in [-0.2, -0.15) is 0 Å². The molecule has 2 heterocycles. The largest absolute Gasteiger partial charge is 0.347 e. The molecule has 0 saturated heterocycles. The molecule has 1 aromatic carbocycles. The average molecular weight is 381 g/mol. The molecule has 0 atom stereocenters. The molecule has 2 N–H and O–H groups in total. The summed E-state index contributed by atoms with van der Waals surface area (Å²) in [6.07, 6.45) is 3.09. The Kier molecular flexibility index (Phi) is 6.12. The van der Waals surface area contributed by atoms with Gasteiger partial charge in [0.1, 0.15) is 5.69 Å². The van der Waals surface area contributed by atoms with E-state index in [0.717, 1.165) is 11.3 Å². The minimum absolute atomic E-state index is 0.160. The Bertz CT molecular complexity index is 947. The molecule has 0 aliphatic rings. The van der Waals surface area contributed by atoms with Crippen LogP contribution in [0.15, 0.2) is 67.0 Å². The number of halogens is 1. The van der Waals surface area contributed by atoms with E-state index in [0.29, 0.717) is 17.1 Å². The smallest absolute Gasteiger partial charge is 0.270 e. The minimum atomic E-state index is -0.380. The Morgan fingerprint density at radius 1 is 0.852 bits per heavy atom. The van der Waals surface area contributed by atoms with Crippen molar-refractivity contribution in [2.24, 2.45) is 0 Å². The minimum Gasteiger partial charge on any atom is -0.347 e. The zero-order chi connectivity index (χ0) is 19.1. The molecule has 27 heavy (non-hydrogen) atoms. The lowest BCUT2D eigenvalue weighted by Crippen LogP contribution is -2.26. The first-order chi connectivity index (χ1) is 13.1. The maximum Gasteiger partial charge on any atom is 0.270 e. The Morgan fingerprint density at radius 2 is 1.63 bits per heavy atom. The number of pyridine rings is 2. The van der Waals surface area contributed by atoms with Crippen molar-refractivity contribution in [3.63, 3.8) is 0 Å². The Hall–Kier alpha value is -3.25. The number of amides is 2. The van der Waals surface area contributed by atoms with Gasteiger partial charge in [-0.1, -0.05) is 35.9 Å². The molecule has 0 unspecified atom stereocenters. The molecule has 6 nitrogen and oxygen atoms in total. The summed E-state index contributed by atoms with van der Waals surface area (Å²) in [5, 5.41) is 6.10. The highest BCUT2D eigenvalue weighted by molar-refractivity contribution is 6.31. The first-order valence-electron chi connectivity index (χ1n) is 8.29. The summed E-state index contributed by atoms with van der Waals surface area (Å²) >= 11 is 6.08. The van der Waals surface area contributed by atoms with E-state index in [9.17, 15) is 9.59 Å². The van der Waals surface area contributed by atoms with E-state index in [2.05, 4.69) is 20.6 Å². The van der Waals surface area contributed by atoms with Gasteiger partial charge in [0, 0.05) is 29.5 Å². The van der Waals surface area contributed by atoms with Crippen LogP contribution in [0.5, 0.6) is 0 Å². The van der Waals surface area contributed by atoms with Crippen molar-refractivity contribution in [2.75, 3.05) is 0 Å². The van der Waals surface area contributed by atoms with Crippen LogP contribution >= 0.6 is 11.6 Å². The quantitative estimate of drug-likeness (QED) is 0.688. The summed E-state index contributed by atoms with van der Waals surface area (Å²) in [6.45, 7) is 0.576. The van der Waals surface area contributed by atoms with E-state index in [1.54, 1.807) is 18.3 Å². The zero-order valence-electron chi connectivity index (χ0n) is 14.4. The Labute approximate surface area is 161 Å². The van der Waals surface area contributed by atoms with Gasteiger partial charge in [-0.05, 0) is 35.9 Å². The van der Waals surface area contributed by atoms with E-state index in [1.807, 2.05) is 36.4 Å². The van der Waals surface area contributed by atoms with Crippen LogP contribution in [0.25, 0.3) is 0 Å². The number of nitrogens with one attached hydrogen (secondary N) is 2. The van der Waals surface area contributed by atoms with Crippen LogP contribution in [-0.2, 0) is 13.1 Å². The van der Waals surface area contributed by atoms with Crippen molar-refractivity contribution in [3.8, 4) is 0 Å². The van der Waals surface area contributed by atoms with Gasteiger partial charge >= 0.3 is 0 Å². The van der Waals surface area contributed by atoms with Crippen LogP contribution < -0.4 is 10.6 Å². The van der Waals surface area contributed by atoms with Gasteiger partial charge in [0.05, 0.1) is 12.2 Å². The number of nitrogens with zero attached hydrogens (tertiary/aromatic N) is 2. The van der Waals surface area contributed by atoms with Gasteiger partial charge in [-0.25, -0.2) is 0 Å². The van der Waals surface area contributed by atoms with E-state index >= 15 is 0 Å². The summed E-state index contributed by atoms with van der Waals surface area (Å²) in [5.74, 6) is -0.683. The maximum atomic E-state index is 12.3. The highest BCUT2D eigenvalue weighted by Gasteiger charge is 2.12. The lowest BCUT2D eigenvalue weighted by atomic mass is 10.2. The van der Waals surface area contributed by atoms with Crippen molar-refractivity contribution >= 4 is 23.4 Å². The van der Waals surface area contributed by atoms with Gasteiger partial charge in [-0.3, -0.25) is 19.6 Å². The van der Waals surface area contributed by atoms with E-state index < -0.39 is 0 Å². The molecule has 3 rings (SSSR count). The summed E-state index contributed by atoms with van der Waals surface area (Å²) in [6, 6.07) is 15.7. The highest BCUT2D eigenvalue weighted by Crippen LogP contribution is 2.14. The van der Waals surface area contributed by atoms with Crippen molar-refractivity contribution in [1.29, 1.82) is 0 Å². The molecular weight excluding hydrogens is 364 g/mol. The molecule has 0 aliphatic heterocycles. The molecular formula is C20H17ClN4O2. The fourth-order valence-corrected chi connectivity index (χ4v) is 2.58. The van der Waals surface area contributed by atoms with Crippen LogP contribution in [0.4, 0.5) is 0 Å². The fraction of sp³-hybridized carbons (Fsp3) is 0.100. The van der Waals surface area contributed by atoms with Gasteiger partial charge in [0.25, 0.3) is 11.8 Å². The molecule has 136 valence electrons. The maximum absolute atomic E-state index is 12.3. The molecule has 2 aromatic heterocycles. The lowest BCUT2D eigenvalue weighted by molar-refractivity contribution is 0.0946. The third-order valence-electron chi connectivity index (χ3n) is 3.81. The summed E-state index contributed by atoms with van der Waals surface area (Å²) in [4.78, 5) is 32.8. The van der Waals surface area contributed by atoms with E-state index in [-0.39, 0.29) is 24.1 Å². The Morgan fingerprint density at radius 3 is 2.41 bits per heavy atom. The Balaban J connectivity index is 1.61. The summed E-state index contributed by atoms with van der Waals surface area (Å²) < 4.78 is 0. The number of carbonyl (C=O) groups excluding carboxylic acids is 2. The van der Waals surface area contributed by atoms with Crippen LogP contribution in [0.3, 0.4) is 0 Å². The third-order valence-corrected chi connectivity index (χ3v) is 4.18. The van der Waals surface area contributed by atoms with Crippen molar-refractivity contribution in [3.05, 3.63) is 94.5 Å². The number of hydrogen-bond acceptors (Lipinski definition) is 4. The molecule has 0 aliphatic carbocycles. The van der Waals surface area contributed by atoms with Crippen molar-refractivity contribution in [1.82, 2.24) is 20.6 Å². The number of aromatic nitrogens is 2. The summed E-state index contributed by atoms with van der Waals surface area (Å²) in [7, 11) is 0. The highest BCUT2D eigenvalue weighted by atomic mass is 35.5. The molecule has 0 fully saturated rings. The molecule has 2 amide bonds. The van der Waals surface area contributed by atoms with E-state index in [4.69, 9.17) is 11.6 Å². The summed E-state index contributed by atoms with van der Waals surface area (Å²) in [5.41, 5.74) is 2.06. The SMILES string of the molecule is O=C(NCc1ccccn1)c1ccnc(C(=O)NCc2ccccc2Cl)c1. The van der Waals surface area contributed by atoms with Crippen LogP contribution in [0.2, 0.25) is 5.02 Å². The lowest BCUT2D eigenvalue weighted by Gasteiger charge is -2.08. The monoisotopic (exact) mass is 380 g/mol. The second kappa shape index (κ2) is 8.91. The average Bonchev–Trinajstić information content (AvgIpc) is 2.72. The first-order valence-corrected chi connectivity index (χ1v) is 8.67. The van der Waals surface area contributed by atoms with Crippen LogP contribution in [-0.4, -0.2) is 21.8 Å². The number of carbonyl (C=O) groups is 2. The molecule has 0 saturated carbocycles. The fourth-order valence-electron chi connectivity index (χ4n) is 2.38. The molecule has 3 aromatic rings. The molecule has 7 heteroatoms. The van der Waals surface area contributed by atoms with Crippen molar-refractivity contribution < 1.29 is 9.59 Å². The van der Waals surface area contributed by atoms with Crippen LogP contribution in [0, 0.1) is 0 Å². The topological polar surface area (TPSA) is 84.0 Å². The normalized spacial score (nSPS) is 10.3. The predicted molar refractivity (Wildman–Crippen MR) is 102 cm³/mol. The van der Waals surface area contributed by atoms with Gasteiger partial charge < -0.3 is 10.6 Å². The standard InChI is InChI=1S/C20H17ClN4O2/c21-17-7-2-1-5-15(17)12-24-20(27)18-11-14(8-10-23-18)19(26)25-13-16-6-3-4-9-22-16/h1-11H,12-13H2,(H,24,27)(H,25,26). The van der Waals surface area contributed by atoms with Gasteiger partial charge in [0.2, 0.25) is 0 Å². The second-order valence-corrected chi connectivity index (χ2v) is 6.11. The number of benzene rings is 1. The predicted octanol–water partition coefficient (Wildman–Crippen LogP) is 2.99. The van der Waals surface area contributed by atoms with Gasteiger partial charge in [0.15, 0.2) is 0 Å².